The molecule has 1 aromatic rings. The quantitative estimate of drug-likeness (QED) is 0.902. The second-order valence-corrected chi connectivity index (χ2v) is 7.06. The zero-order valence-corrected chi connectivity index (χ0v) is 14.1. The highest BCUT2D eigenvalue weighted by molar-refractivity contribution is 5.25. The van der Waals surface area contributed by atoms with Crippen molar-refractivity contribution in [2.75, 3.05) is 26.7 Å². The number of hydrogen-bond donors (Lipinski definition) is 1. The lowest BCUT2D eigenvalue weighted by Gasteiger charge is -2.41. The molecular formula is C18H30N2O. The average Bonchev–Trinajstić information content (AvgIpc) is 2.37. The van der Waals surface area contributed by atoms with Crippen molar-refractivity contribution in [3.8, 4) is 0 Å². The van der Waals surface area contributed by atoms with Crippen molar-refractivity contribution in [1.29, 1.82) is 0 Å². The Bertz CT molecular complexity index is 441. The van der Waals surface area contributed by atoms with Gasteiger partial charge in [-0.1, -0.05) is 31.2 Å². The van der Waals surface area contributed by atoms with E-state index in [1.807, 2.05) is 7.05 Å². The van der Waals surface area contributed by atoms with E-state index >= 15 is 0 Å². The van der Waals surface area contributed by atoms with E-state index in [4.69, 9.17) is 4.74 Å². The summed E-state index contributed by atoms with van der Waals surface area (Å²) in [7, 11) is 2.01. The topological polar surface area (TPSA) is 24.5 Å². The van der Waals surface area contributed by atoms with Crippen LogP contribution in [-0.2, 0) is 11.3 Å². The fourth-order valence-electron chi connectivity index (χ4n) is 3.34. The Morgan fingerprint density at radius 2 is 2.00 bits per heavy atom. The summed E-state index contributed by atoms with van der Waals surface area (Å²) in [5.41, 5.74) is 2.75. The van der Waals surface area contributed by atoms with Crippen LogP contribution < -0.4 is 5.32 Å². The van der Waals surface area contributed by atoms with Gasteiger partial charge in [-0.2, -0.15) is 0 Å². The molecule has 1 aliphatic rings. The van der Waals surface area contributed by atoms with E-state index in [2.05, 4.69) is 62.2 Å². The maximum Gasteiger partial charge on any atom is 0.0757 e. The zero-order chi connectivity index (χ0) is 15.5. The summed E-state index contributed by atoms with van der Waals surface area (Å²) in [4.78, 5) is 2.50. The number of likely N-dealkylation sites (N-methyl/N-ethyl adjacent to an activating group) is 1. The molecule has 1 fully saturated rings. The normalized spacial score (nSPS) is 24.0. The molecule has 3 heteroatoms. The molecule has 0 aromatic heterocycles. The summed E-state index contributed by atoms with van der Waals surface area (Å²) in [5, 5.41) is 3.24. The first-order valence-electron chi connectivity index (χ1n) is 8.03. The summed E-state index contributed by atoms with van der Waals surface area (Å²) in [6, 6.07) is 9.09. The van der Waals surface area contributed by atoms with Crippen LogP contribution in [0.1, 0.15) is 44.7 Å². The summed E-state index contributed by atoms with van der Waals surface area (Å²) in [5.74, 6) is 0.561. The lowest BCUT2D eigenvalue weighted by molar-refractivity contribution is -0.130. The number of benzene rings is 1. The molecule has 118 valence electrons. The minimum atomic E-state index is -0.0427. The standard InChI is InChI=1S/C18H30N2O/c1-14(10-19-5)17-8-6-16(7-9-17)12-20-11-15(2)21-18(3,4)13-20/h6-9,14-15,19H,10-13H2,1-5H3. The molecule has 1 heterocycles. The Hall–Kier alpha value is -0.900. The van der Waals surface area contributed by atoms with Crippen molar-refractivity contribution >= 4 is 0 Å². The Morgan fingerprint density at radius 1 is 1.33 bits per heavy atom. The molecule has 0 aliphatic carbocycles. The molecule has 1 N–H and O–H groups in total. The third-order valence-electron chi connectivity index (χ3n) is 4.11. The minimum Gasteiger partial charge on any atom is -0.370 e. The Morgan fingerprint density at radius 3 is 2.57 bits per heavy atom. The van der Waals surface area contributed by atoms with Gasteiger partial charge in [-0.3, -0.25) is 4.90 Å². The first-order valence-corrected chi connectivity index (χ1v) is 8.03. The third kappa shape index (κ3) is 4.80. The fraction of sp³-hybridized carbons (Fsp3) is 0.667. The smallest absolute Gasteiger partial charge is 0.0757 e. The van der Waals surface area contributed by atoms with Crippen LogP contribution in [0.3, 0.4) is 0 Å². The van der Waals surface area contributed by atoms with E-state index in [1.165, 1.54) is 11.1 Å². The number of hydrogen-bond acceptors (Lipinski definition) is 3. The zero-order valence-electron chi connectivity index (χ0n) is 14.1. The van der Waals surface area contributed by atoms with Crippen molar-refractivity contribution in [3.63, 3.8) is 0 Å². The van der Waals surface area contributed by atoms with E-state index in [9.17, 15) is 0 Å². The van der Waals surface area contributed by atoms with Gasteiger partial charge < -0.3 is 10.1 Å². The Labute approximate surface area is 129 Å². The van der Waals surface area contributed by atoms with Crippen molar-refractivity contribution in [3.05, 3.63) is 35.4 Å². The average molecular weight is 290 g/mol. The molecule has 0 amide bonds. The SMILES string of the molecule is CNCC(C)c1ccc(CN2CC(C)OC(C)(C)C2)cc1. The molecule has 2 unspecified atom stereocenters. The van der Waals surface area contributed by atoms with Gasteiger partial charge in [0.1, 0.15) is 0 Å². The Balaban J connectivity index is 1.97. The molecule has 0 saturated carbocycles. The predicted molar refractivity (Wildman–Crippen MR) is 88.7 cm³/mol. The fourth-order valence-corrected chi connectivity index (χ4v) is 3.34. The Kier molecular flexibility index (Phi) is 5.42. The van der Waals surface area contributed by atoms with Gasteiger partial charge in [0, 0.05) is 26.2 Å². The highest BCUT2D eigenvalue weighted by Gasteiger charge is 2.31. The molecule has 2 rings (SSSR count). The first kappa shape index (κ1) is 16.5. The number of ether oxygens (including phenoxy) is 1. The van der Waals surface area contributed by atoms with Crippen molar-refractivity contribution < 1.29 is 4.74 Å². The van der Waals surface area contributed by atoms with E-state index in [1.54, 1.807) is 0 Å². The molecule has 0 spiro atoms. The molecule has 0 radical (unpaired) electrons. The molecule has 1 aliphatic heterocycles. The van der Waals surface area contributed by atoms with Gasteiger partial charge >= 0.3 is 0 Å². The summed E-state index contributed by atoms with van der Waals surface area (Å²) in [6.07, 6.45) is 0.309. The highest BCUT2D eigenvalue weighted by atomic mass is 16.5. The second-order valence-electron chi connectivity index (χ2n) is 7.06. The molecule has 1 aromatic carbocycles. The van der Waals surface area contributed by atoms with E-state index in [0.717, 1.165) is 26.2 Å². The van der Waals surface area contributed by atoms with Crippen molar-refractivity contribution in [2.24, 2.45) is 0 Å². The lowest BCUT2D eigenvalue weighted by atomic mass is 9.99. The molecular weight excluding hydrogens is 260 g/mol. The van der Waals surface area contributed by atoms with Crippen LogP contribution in [-0.4, -0.2) is 43.3 Å². The maximum absolute atomic E-state index is 5.97. The van der Waals surface area contributed by atoms with Crippen molar-refractivity contribution in [2.45, 2.75) is 51.9 Å². The van der Waals surface area contributed by atoms with Gasteiger partial charge in [-0.15, -0.1) is 0 Å². The summed E-state index contributed by atoms with van der Waals surface area (Å²) in [6.45, 7) is 12.8. The van der Waals surface area contributed by atoms with Crippen LogP contribution in [0.5, 0.6) is 0 Å². The minimum absolute atomic E-state index is 0.0427. The van der Waals surface area contributed by atoms with E-state index in [-0.39, 0.29) is 5.60 Å². The number of rotatable bonds is 5. The van der Waals surface area contributed by atoms with Gasteiger partial charge in [-0.25, -0.2) is 0 Å². The predicted octanol–water partition coefficient (Wildman–Crippen LogP) is 3.01. The van der Waals surface area contributed by atoms with E-state index in [0.29, 0.717) is 12.0 Å². The number of nitrogens with one attached hydrogen (secondary N) is 1. The first-order chi connectivity index (χ1) is 9.89. The molecule has 1 saturated heterocycles. The largest absolute Gasteiger partial charge is 0.370 e. The summed E-state index contributed by atoms with van der Waals surface area (Å²) < 4.78 is 5.97. The van der Waals surface area contributed by atoms with Crippen LogP contribution in [0.25, 0.3) is 0 Å². The van der Waals surface area contributed by atoms with Crippen molar-refractivity contribution in [1.82, 2.24) is 10.2 Å². The van der Waals surface area contributed by atoms with Gasteiger partial charge in [0.2, 0.25) is 0 Å². The van der Waals surface area contributed by atoms with Crippen LogP contribution >= 0.6 is 0 Å². The molecule has 0 bridgehead atoms. The van der Waals surface area contributed by atoms with Crippen LogP contribution in [0.15, 0.2) is 24.3 Å². The van der Waals surface area contributed by atoms with Gasteiger partial charge in [-0.05, 0) is 44.9 Å². The van der Waals surface area contributed by atoms with Crippen LogP contribution in [0, 0.1) is 0 Å². The second kappa shape index (κ2) is 6.91. The summed E-state index contributed by atoms with van der Waals surface area (Å²) >= 11 is 0. The van der Waals surface area contributed by atoms with Crippen LogP contribution in [0.2, 0.25) is 0 Å². The highest BCUT2D eigenvalue weighted by Crippen LogP contribution is 2.23. The molecule has 3 nitrogen and oxygen atoms in total. The number of morpholine rings is 1. The molecule has 21 heavy (non-hydrogen) atoms. The monoisotopic (exact) mass is 290 g/mol. The van der Waals surface area contributed by atoms with Crippen LogP contribution in [0.4, 0.5) is 0 Å². The maximum atomic E-state index is 5.97. The third-order valence-corrected chi connectivity index (χ3v) is 4.11. The van der Waals surface area contributed by atoms with E-state index < -0.39 is 0 Å². The number of nitrogens with zero attached hydrogens (tertiary/aromatic N) is 1. The van der Waals surface area contributed by atoms with Gasteiger partial charge in [0.05, 0.1) is 11.7 Å². The van der Waals surface area contributed by atoms with Gasteiger partial charge in [0.25, 0.3) is 0 Å². The van der Waals surface area contributed by atoms with Gasteiger partial charge in [0.15, 0.2) is 0 Å². The lowest BCUT2D eigenvalue weighted by Crippen LogP contribution is -2.51. The molecule has 2 atom stereocenters.